The van der Waals surface area contributed by atoms with E-state index in [4.69, 9.17) is 36.0 Å². The maximum absolute atomic E-state index is 9.01. The molecule has 1 unspecified atom stereocenters. The van der Waals surface area contributed by atoms with Crippen LogP contribution in [0.3, 0.4) is 0 Å². The summed E-state index contributed by atoms with van der Waals surface area (Å²) in [5.74, 6) is 3.40. The topological polar surface area (TPSA) is 88.4 Å². The van der Waals surface area contributed by atoms with E-state index in [1.165, 1.54) is 11.8 Å². The Hall–Kier alpha value is -0.330. The van der Waals surface area contributed by atoms with E-state index in [-0.39, 0.29) is 33.2 Å². The van der Waals surface area contributed by atoms with Crippen LogP contribution in [0.15, 0.2) is 0 Å². The number of thioether (sulfide) groups is 1. The van der Waals surface area contributed by atoms with Crippen LogP contribution in [0, 0.1) is 12.3 Å². The van der Waals surface area contributed by atoms with Crippen molar-refractivity contribution in [2.24, 2.45) is 0 Å². The molecule has 6 nitrogen and oxygen atoms in total. The Balaban J connectivity index is 3.52. The molecule has 0 aromatic heterocycles. The monoisotopic (exact) mass is 280 g/mol. The molecule has 7 heteroatoms. The summed E-state index contributed by atoms with van der Waals surface area (Å²) < 4.78 is 15.4. The lowest BCUT2D eigenvalue weighted by atomic mass is 10.4. The van der Waals surface area contributed by atoms with Gasteiger partial charge in [-0.15, -0.1) is 18.2 Å². The predicted molar refractivity (Wildman–Crippen MR) is 68.0 cm³/mol. The van der Waals surface area contributed by atoms with Crippen molar-refractivity contribution in [3.05, 3.63) is 0 Å². The average Bonchev–Trinajstić information content (AvgIpc) is 2.41. The molecule has 0 saturated carbocycles. The Labute approximate surface area is 111 Å². The summed E-state index contributed by atoms with van der Waals surface area (Å²) in [4.78, 5) is 0. The second kappa shape index (κ2) is 13.1. The molecular weight excluding hydrogens is 260 g/mol. The van der Waals surface area contributed by atoms with Crippen LogP contribution in [0.25, 0.3) is 0 Å². The Bertz CT molecular complexity index is 216. The minimum atomic E-state index is -0.648. The van der Waals surface area contributed by atoms with Crippen LogP contribution in [0.5, 0.6) is 0 Å². The van der Waals surface area contributed by atoms with Gasteiger partial charge >= 0.3 is 0 Å². The molecule has 0 aliphatic carbocycles. The van der Waals surface area contributed by atoms with Gasteiger partial charge in [-0.2, -0.15) is 0 Å². The van der Waals surface area contributed by atoms with Crippen LogP contribution < -0.4 is 0 Å². The van der Waals surface area contributed by atoms with Gasteiger partial charge in [0.25, 0.3) is 0 Å². The molecule has 106 valence electrons. The minimum absolute atomic E-state index is 0.0802. The van der Waals surface area contributed by atoms with Gasteiger partial charge < -0.3 is 29.5 Å². The van der Waals surface area contributed by atoms with Gasteiger partial charge in [-0.25, -0.2) is 0 Å². The van der Waals surface area contributed by atoms with Gasteiger partial charge in [0, 0.05) is 0 Å². The van der Waals surface area contributed by atoms with Crippen LogP contribution in [0.1, 0.15) is 0 Å². The average molecular weight is 280 g/mol. The lowest BCUT2D eigenvalue weighted by Crippen LogP contribution is -2.27. The molecule has 0 radical (unpaired) electrons. The zero-order chi connectivity index (χ0) is 13.6. The van der Waals surface area contributed by atoms with Crippen molar-refractivity contribution in [2.75, 3.05) is 44.9 Å². The van der Waals surface area contributed by atoms with Crippen LogP contribution in [-0.4, -0.2) is 72.4 Å². The summed E-state index contributed by atoms with van der Waals surface area (Å²) in [6.07, 6.45) is 3.98. The zero-order valence-electron chi connectivity index (χ0n) is 10.2. The predicted octanol–water partition coefficient (Wildman–Crippen LogP) is -0.968. The largest absolute Gasteiger partial charge is 0.394 e. The lowest BCUT2D eigenvalue weighted by molar-refractivity contribution is -0.135. The van der Waals surface area contributed by atoms with Gasteiger partial charge in [0.1, 0.15) is 19.0 Å². The summed E-state index contributed by atoms with van der Waals surface area (Å²) in [7, 11) is 0. The summed E-state index contributed by atoms with van der Waals surface area (Å²) in [5.41, 5.74) is 0. The molecule has 18 heavy (non-hydrogen) atoms. The lowest BCUT2D eigenvalue weighted by Gasteiger charge is -2.17. The highest BCUT2D eigenvalue weighted by Crippen LogP contribution is 2.03. The van der Waals surface area contributed by atoms with Gasteiger partial charge in [0.15, 0.2) is 0 Å². The first kappa shape index (κ1) is 17.7. The first-order valence-corrected chi connectivity index (χ1v) is 6.58. The Morgan fingerprint density at radius 3 is 2.28 bits per heavy atom. The molecule has 3 N–H and O–H groups in total. The van der Waals surface area contributed by atoms with Crippen molar-refractivity contribution >= 4 is 11.8 Å². The fourth-order valence-corrected chi connectivity index (χ4v) is 1.38. The molecule has 0 spiro atoms. The van der Waals surface area contributed by atoms with E-state index < -0.39 is 12.2 Å². The van der Waals surface area contributed by atoms with Crippen LogP contribution >= 0.6 is 11.8 Å². The molecule has 0 rings (SSSR count). The second-order valence-electron chi connectivity index (χ2n) is 3.28. The van der Waals surface area contributed by atoms with Gasteiger partial charge in [0.2, 0.25) is 0 Å². The maximum atomic E-state index is 9.01. The van der Waals surface area contributed by atoms with E-state index in [0.717, 1.165) is 0 Å². The number of terminal acetylenes is 1. The van der Waals surface area contributed by atoms with E-state index in [0.29, 0.717) is 11.7 Å². The summed E-state index contributed by atoms with van der Waals surface area (Å²) >= 11 is 1.43. The first-order valence-electron chi connectivity index (χ1n) is 5.43. The summed E-state index contributed by atoms with van der Waals surface area (Å²) in [6, 6.07) is 0. The highest BCUT2D eigenvalue weighted by molar-refractivity contribution is 7.99. The normalized spacial score (nSPS) is 12.6. The third-order valence-corrected chi connectivity index (χ3v) is 2.55. The fourth-order valence-electron chi connectivity index (χ4n) is 0.885. The van der Waals surface area contributed by atoms with Gasteiger partial charge in [-0.05, 0) is 0 Å². The first-order chi connectivity index (χ1) is 8.78. The quantitative estimate of drug-likeness (QED) is 0.241. The standard InChI is InChI=1S/C11H20O6S/c1-2-3-18-9-17-11(6-14)7-15-8-16-10(4-12)5-13/h1,10-14H,3-9H2. The number of hydrogen-bond acceptors (Lipinski definition) is 7. The zero-order valence-corrected chi connectivity index (χ0v) is 11.0. The van der Waals surface area contributed by atoms with Crippen LogP contribution in [0.2, 0.25) is 0 Å². The molecule has 0 bridgehead atoms. The van der Waals surface area contributed by atoms with Crippen molar-refractivity contribution < 1.29 is 29.5 Å². The third-order valence-electron chi connectivity index (χ3n) is 1.87. The van der Waals surface area contributed by atoms with Crippen LogP contribution in [0.4, 0.5) is 0 Å². The number of aliphatic hydroxyl groups excluding tert-OH is 3. The number of rotatable bonds is 12. The highest BCUT2D eigenvalue weighted by atomic mass is 32.2. The molecule has 0 aliphatic rings. The molecule has 0 fully saturated rings. The highest BCUT2D eigenvalue weighted by Gasteiger charge is 2.09. The third kappa shape index (κ3) is 9.67. The molecule has 0 aromatic rings. The maximum Gasteiger partial charge on any atom is 0.147 e. The SMILES string of the molecule is C#CCSCOC(CO)COCOC(CO)CO. The smallest absolute Gasteiger partial charge is 0.147 e. The van der Waals surface area contributed by atoms with Crippen molar-refractivity contribution in [1.82, 2.24) is 0 Å². The van der Waals surface area contributed by atoms with E-state index >= 15 is 0 Å². The van der Waals surface area contributed by atoms with Gasteiger partial charge in [0.05, 0.1) is 38.1 Å². The molecule has 0 aliphatic heterocycles. The molecule has 1 atom stereocenters. The Kier molecular flexibility index (Phi) is 12.9. The summed E-state index contributed by atoms with van der Waals surface area (Å²) in [5, 5.41) is 26.5. The number of hydrogen-bond donors (Lipinski definition) is 3. The summed E-state index contributed by atoms with van der Waals surface area (Å²) in [6.45, 7) is -0.634. The van der Waals surface area contributed by atoms with Crippen molar-refractivity contribution in [1.29, 1.82) is 0 Å². The minimum Gasteiger partial charge on any atom is -0.394 e. The fraction of sp³-hybridized carbons (Fsp3) is 0.818. The van der Waals surface area contributed by atoms with E-state index in [1.807, 2.05) is 0 Å². The van der Waals surface area contributed by atoms with Crippen molar-refractivity contribution in [3.63, 3.8) is 0 Å². The van der Waals surface area contributed by atoms with Crippen molar-refractivity contribution in [3.8, 4) is 12.3 Å². The molecule has 0 amide bonds. The molecule has 0 heterocycles. The van der Waals surface area contributed by atoms with E-state index in [1.54, 1.807) is 0 Å². The van der Waals surface area contributed by atoms with E-state index in [2.05, 4.69) is 5.92 Å². The van der Waals surface area contributed by atoms with Gasteiger partial charge in [-0.1, -0.05) is 5.92 Å². The molecule has 0 saturated heterocycles. The van der Waals surface area contributed by atoms with Crippen LogP contribution in [-0.2, 0) is 14.2 Å². The molecular formula is C11H20O6S. The van der Waals surface area contributed by atoms with E-state index in [9.17, 15) is 0 Å². The second-order valence-corrected chi connectivity index (χ2v) is 4.22. The Morgan fingerprint density at radius 1 is 1.06 bits per heavy atom. The number of aliphatic hydroxyl groups is 3. The number of ether oxygens (including phenoxy) is 3. The van der Waals surface area contributed by atoms with Crippen molar-refractivity contribution in [2.45, 2.75) is 12.2 Å². The molecule has 0 aromatic carbocycles. The van der Waals surface area contributed by atoms with Gasteiger partial charge in [-0.3, -0.25) is 0 Å². The Morgan fingerprint density at radius 2 is 1.72 bits per heavy atom.